The van der Waals surface area contributed by atoms with E-state index in [-0.39, 0.29) is 30.3 Å². The summed E-state index contributed by atoms with van der Waals surface area (Å²) in [5, 5.41) is 3.10. The molecular weight excluding hydrogens is 260 g/mol. The number of hydrogen-bond donors (Lipinski definition) is 2. The molecule has 112 valence electrons. The van der Waals surface area contributed by atoms with Gasteiger partial charge in [0.1, 0.15) is 0 Å². The monoisotopic (exact) mass is 288 g/mol. The highest BCUT2D eigenvalue weighted by atomic mass is 35.5. The van der Waals surface area contributed by atoms with Gasteiger partial charge in [-0.25, -0.2) is 0 Å². The first-order valence-corrected chi connectivity index (χ1v) is 7.70. The van der Waals surface area contributed by atoms with Gasteiger partial charge >= 0.3 is 0 Å². The van der Waals surface area contributed by atoms with Crippen molar-refractivity contribution in [3.05, 3.63) is 0 Å². The maximum Gasteiger partial charge on any atom is 0.224 e. The summed E-state index contributed by atoms with van der Waals surface area (Å²) in [5.41, 5.74) is 5.95. The molecule has 3 nitrogen and oxygen atoms in total. The zero-order valence-corrected chi connectivity index (χ0v) is 12.9. The first-order chi connectivity index (χ1) is 8.66. The number of nitrogens with two attached hydrogens (primary N) is 1. The van der Waals surface area contributed by atoms with Crippen LogP contribution in [0.5, 0.6) is 0 Å². The number of nitrogens with one attached hydrogen (secondary N) is 1. The van der Waals surface area contributed by atoms with Crippen LogP contribution < -0.4 is 11.1 Å². The molecule has 2 aliphatic carbocycles. The van der Waals surface area contributed by atoms with Gasteiger partial charge in [0.15, 0.2) is 0 Å². The fourth-order valence-corrected chi connectivity index (χ4v) is 3.67. The Bertz CT molecular complexity index is 285. The van der Waals surface area contributed by atoms with Crippen molar-refractivity contribution in [1.29, 1.82) is 0 Å². The Morgan fingerprint density at radius 3 is 2.58 bits per heavy atom. The molecule has 0 spiro atoms. The molecule has 4 unspecified atom stereocenters. The van der Waals surface area contributed by atoms with Gasteiger partial charge in [0.05, 0.1) is 5.92 Å². The minimum absolute atomic E-state index is 0. The second-order valence-corrected chi connectivity index (χ2v) is 6.42. The van der Waals surface area contributed by atoms with Crippen molar-refractivity contribution in [3.63, 3.8) is 0 Å². The van der Waals surface area contributed by atoms with Crippen LogP contribution in [0.15, 0.2) is 0 Å². The average Bonchev–Trinajstić information content (AvgIpc) is 2.75. The van der Waals surface area contributed by atoms with Gasteiger partial charge in [-0.3, -0.25) is 4.79 Å². The first-order valence-electron chi connectivity index (χ1n) is 7.70. The Labute approximate surface area is 123 Å². The molecule has 4 heteroatoms. The highest BCUT2D eigenvalue weighted by Crippen LogP contribution is 2.30. The van der Waals surface area contributed by atoms with E-state index < -0.39 is 0 Å². The molecule has 0 aromatic carbocycles. The summed E-state index contributed by atoms with van der Waals surface area (Å²) in [6.07, 6.45) is 9.71. The SMILES string of the molecule is CC1CCCC(CCNC(=O)C2CCCC2N)C1.Cl. The molecule has 2 rings (SSSR count). The van der Waals surface area contributed by atoms with Crippen LogP contribution in [0.1, 0.15) is 58.3 Å². The van der Waals surface area contributed by atoms with Crippen molar-refractivity contribution in [2.45, 2.75) is 64.3 Å². The minimum atomic E-state index is 0. The Morgan fingerprint density at radius 1 is 1.21 bits per heavy atom. The Hall–Kier alpha value is -0.280. The van der Waals surface area contributed by atoms with Crippen LogP contribution in [-0.4, -0.2) is 18.5 Å². The van der Waals surface area contributed by atoms with Crippen LogP contribution in [0.2, 0.25) is 0 Å². The quantitative estimate of drug-likeness (QED) is 0.836. The third-order valence-electron chi connectivity index (χ3n) is 4.80. The average molecular weight is 289 g/mol. The van der Waals surface area contributed by atoms with Crippen LogP contribution in [0, 0.1) is 17.8 Å². The van der Waals surface area contributed by atoms with Gasteiger partial charge in [-0.1, -0.05) is 32.6 Å². The number of hydrogen-bond acceptors (Lipinski definition) is 2. The normalized spacial score (nSPS) is 34.6. The molecule has 0 radical (unpaired) electrons. The summed E-state index contributed by atoms with van der Waals surface area (Å²) in [7, 11) is 0. The molecule has 2 saturated carbocycles. The van der Waals surface area contributed by atoms with Gasteiger partial charge in [0, 0.05) is 12.6 Å². The van der Waals surface area contributed by atoms with Crippen molar-refractivity contribution in [2.75, 3.05) is 6.54 Å². The zero-order chi connectivity index (χ0) is 13.0. The number of carbonyl (C=O) groups excluding carboxylic acids is 1. The fourth-order valence-electron chi connectivity index (χ4n) is 3.67. The topological polar surface area (TPSA) is 55.1 Å². The molecule has 0 heterocycles. The van der Waals surface area contributed by atoms with Crippen LogP contribution in [0.25, 0.3) is 0 Å². The second-order valence-electron chi connectivity index (χ2n) is 6.42. The van der Waals surface area contributed by atoms with Gasteiger partial charge in [0.2, 0.25) is 5.91 Å². The molecule has 0 bridgehead atoms. The third-order valence-corrected chi connectivity index (χ3v) is 4.80. The van der Waals surface area contributed by atoms with E-state index in [4.69, 9.17) is 5.73 Å². The summed E-state index contributed by atoms with van der Waals surface area (Å²) in [4.78, 5) is 12.0. The van der Waals surface area contributed by atoms with Crippen LogP contribution >= 0.6 is 12.4 Å². The fraction of sp³-hybridized carbons (Fsp3) is 0.933. The molecule has 19 heavy (non-hydrogen) atoms. The summed E-state index contributed by atoms with van der Waals surface area (Å²) in [6, 6.07) is 0.0969. The largest absolute Gasteiger partial charge is 0.356 e. The molecule has 2 fully saturated rings. The molecule has 0 saturated heterocycles. The molecular formula is C15H29ClN2O. The zero-order valence-electron chi connectivity index (χ0n) is 12.1. The molecule has 2 aliphatic rings. The number of rotatable bonds is 4. The van der Waals surface area contributed by atoms with Crippen molar-refractivity contribution < 1.29 is 4.79 Å². The smallest absolute Gasteiger partial charge is 0.224 e. The van der Waals surface area contributed by atoms with E-state index in [1.807, 2.05) is 0 Å². The minimum Gasteiger partial charge on any atom is -0.356 e. The maximum atomic E-state index is 12.0. The second kappa shape index (κ2) is 8.11. The summed E-state index contributed by atoms with van der Waals surface area (Å²) < 4.78 is 0. The number of carbonyl (C=O) groups is 1. The van der Waals surface area contributed by atoms with E-state index in [2.05, 4.69) is 12.2 Å². The van der Waals surface area contributed by atoms with E-state index in [1.54, 1.807) is 0 Å². The summed E-state index contributed by atoms with van der Waals surface area (Å²) in [6.45, 7) is 3.20. The van der Waals surface area contributed by atoms with Crippen LogP contribution in [0.4, 0.5) is 0 Å². The van der Waals surface area contributed by atoms with E-state index in [1.165, 1.54) is 25.7 Å². The van der Waals surface area contributed by atoms with Gasteiger partial charge in [0.25, 0.3) is 0 Å². The Morgan fingerprint density at radius 2 is 1.95 bits per heavy atom. The van der Waals surface area contributed by atoms with Crippen molar-refractivity contribution in [2.24, 2.45) is 23.5 Å². The van der Waals surface area contributed by atoms with E-state index in [0.717, 1.165) is 44.1 Å². The highest BCUT2D eigenvalue weighted by molar-refractivity contribution is 5.85. The van der Waals surface area contributed by atoms with Crippen molar-refractivity contribution >= 4 is 18.3 Å². The lowest BCUT2D eigenvalue weighted by Crippen LogP contribution is -2.39. The lowest BCUT2D eigenvalue weighted by molar-refractivity contribution is -0.125. The van der Waals surface area contributed by atoms with Crippen molar-refractivity contribution in [3.8, 4) is 0 Å². The molecule has 1 amide bonds. The summed E-state index contributed by atoms with van der Waals surface area (Å²) >= 11 is 0. The maximum absolute atomic E-state index is 12.0. The third kappa shape index (κ3) is 4.96. The highest BCUT2D eigenvalue weighted by Gasteiger charge is 2.30. The van der Waals surface area contributed by atoms with Crippen LogP contribution in [-0.2, 0) is 4.79 Å². The predicted molar refractivity (Wildman–Crippen MR) is 81.3 cm³/mol. The molecule has 3 N–H and O–H groups in total. The Kier molecular flexibility index (Phi) is 7.16. The van der Waals surface area contributed by atoms with Gasteiger partial charge in [-0.2, -0.15) is 0 Å². The van der Waals surface area contributed by atoms with Gasteiger partial charge in [-0.15, -0.1) is 12.4 Å². The number of halogens is 1. The van der Waals surface area contributed by atoms with E-state index in [0.29, 0.717) is 0 Å². The molecule has 0 aromatic heterocycles. The van der Waals surface area contributed by atoms with E-state index in [9.17, 15) is 4.79 Å². The summed E-state index contributed by atoms with van der Waals surface area (Å²) in [5.74, 6) is 1.98. The van der Waals surface area contributed by atoms with Crippen LogP contribution in [0.3, 0.4) is 0 Å². The molecule has 0 aliphatic heterocycles. The lowest BCUT2D eigenvalue weighted by atomic mass is 9.81. The number of amides is 1. The Balaban J connectivity index is 0.00000180. The van der Waals surface area contributed by atoms with Gasteiger partial charge < -0.3 is 11.1 Å². The predicted octanol–water partition coefficient (Wildman–Crippen LogP) is 2.87. The van der Waals surface area contributed by atoms with Crippen molar-refractivity contribution in [1.82, 2.24) is 5.32 Å². The standard InChI is InChI=1S/C15H28N2O.ClH/c1-11-4-2-5-12(10-11)8-9-17-15(18)13-6-3-7-14(13)16;/h11-14H,2-10,16H2,1H3,(H,17,18);1H. The van der Waals surface area contributed by atoms with Gasteiger partial charge in [-0.05, 0) is 37.5 Å². The molecule has 4 atom stereocenters. The lowest BCUT2D eigenvalue weighted by Gasteiger charge is -2.27. The van der Waals surface area contributed by atoms with E-state index >= 15 is 0 Å². The first kappa shape index (κ1) is 16.8. The molecule has 0 aromatic rings.